The molecule has 498 valence electrons. The van der Waals surface area contributed by atoms with Gasteiger partial charge >= 0.3 is 24.1 Å². The number of esters is 2. The van der Waals surface area contributed by atoms with E-state index in [0.717, 1.165) is 88.5 Å². The van der Waals surface area contributed by atoms with Gasteiger partial charge in [-0.25, -0.2) is 9.59 Å². The number of nitrogens with one attached hydrogen (secondary N) is 5. The summed E-state index contributed by atoms with van der Waals surface area (Å²) in [6, 6.07) is 13.4. The molecule has 2 aromatic rings. The molecule has 4 fully saturated rings. The van der Waals surface area contributed by atoms with Gasteiger partial charge in [0.1, 0.15) is 50.2 Å². The van der Waals surface area contributed by atoms with Crippen molar-refractivity contribution >= 4 is 59.9 Å². The van der Waals surface area contributed by atoms with Crippen molar-refractivity contribution in [2.24, 2.45) is 11.8 Å². The fourth-order valence-corrected chi connectivity index (χ4v) is 13.2. The average molecular weight is 1270 g/mol. The Bertz CT molecular complexity index is 2850. The van der Waals surface area contributed by atoms with Crippen LogP contribution in [0.25, 0.3) is 0 Å². The minimum absolute atomic E-state index is 0.0261. The zero-order chi connectivity index (χ0) is 65.5. The van der Waals surface area contributed by atoms with Crippen molar-refractivity contribution in [2.75, 3.05) is 26.7 Å². The van der Waals surface area contributed by atoms with E-state index in [4.69, 9.17) is 23.7 Å². The van der Waals surface area contributed by atoms with Crippen LogP contribution in [0.4, 0.5) is 9.59 Å². The third kappa shape index (κ3) is 21.5. The van der Waals surface area contributed by atoms with Crippen molar-refractivity contribution < 1.29 is 76.4 Å². The summed E-state index contributed by atoms with van der Waals surface area (Å²) < 4.78 is 33.5. The average Bonchev–Trinajstić information content (AvgIpc) is 1.61. The molecule has 0 spiro atoms. The number of alkyl carbamates (subject to hydrolysis) is 2. The van der Waals surface area contributed by atoms with Crippen molar-refractivity contribution in [1.29, 1.82) is 0 Å². The van der Waals surface area contributed by atoms with Gasteiger partial charge in [-0.05, 0) is 129 Å². The molecular weight excluding hydrogens is 1170 g/mol. The molecule has 7 amide bonds. The van der Waals surface area contributed by atoms with Crippen molar-refractivity contribution in [3.63, 3.8) is 0 Å². The molecule has 0 bridgehead atoms. The fourth-order valence-electron chi connectivity index (χ4n) is 13.2. The number of ether oxygens (including phenoxy) is 6. The Labute approximate surface area is 534 Å². The number of fused-ring (bicyclic) bond motifs is 6. The van der Waals surface area contributed by atoms with Crippen LogP contribution in [0.3, 0.4) is 0 Å². The molecule has 6 aliphatic rings. The number of carbonyl (C=O) groups is 10. The summed E-state index contributed by atoms with van der Waals surface area (Å²) in [4.78, 5) is 134. The number of aldehydes is 1. The predicted molar refractivity (Wildman–Crippen MR) is 335 cm³/mol. The molecule has 2 aromatic carbocycles. The van der Waals surface area contributed by atoms with Crippen LogP contribution in [0.2, 0.25) is 0 Å². The van der Waals surface area contributed by atoms with E-state index in [1.165, 1.54) is 12.0 Å². The molecule has 0 saturated carbocycles. The molecule has 11 atom stereocenters. The maximum Gasteiger partial charge on any atom is 0.408 e. The molecule has 91 heavy (non-hydrogen) atoms. The Balaban J connectivity index is 0.000000266. The fraction of sp³-hybridized carbons (Fsp3) is 0.618. The van der Waals surface area contributed by atoms with Crippen LogP contribution >= 0.6 is 0 Å². The molecule has 6 aliphatic heterocycles. The molecule has 0 radical (unpaired) electrons. The smallest absolute Gasteiger partial charge is 0.408 e. The number of rotatable bonds is 12. The highest BCUT2D eigenvalue weighted by molar-refractivity contribution is 5.95. The predicted octanol–water partition coefficient (Wildman–Crippen LogP) is 7.12. The molecule has 5 N–H and O–H groups in total. The van der Waals surface area contributed by atoms with E-state index in [-0.39, 0.29) is 62.5 Å². The van der Waals surface area contributed by atoms with Crippen LogP contribution in [0.5, 0.6) is 0 Å². The Kier molecular flexibility index (Phi) is 27.0. The number of hydrogen-bond acceptors (Lipinski definition) is 16. The van der Waals surface area contributed by atoms with Crippen molar-refractivity contribution in [3.8, 4) is 0 Å². The maximum absolute atomic E-state index is 14.4. The van der Waals surface area contributed by atoms with Gasteiger partial charge in [-0.3, -0.25) is 33.6 Å². The number of nitrogens with zero attached hydrogens (tertiary/aromatic N) is 2. The summed E-state index contributed by atoms with van der Waals surface area (Å²) in [6.07, 6.45) is 17.8. The largest absolute Gasteiger partial charge is 0.468 e. The van der Waals surface area contributed by atoms with E-state index in [1.807, 2.05) is 88.4 Å². The van der Waals surface area contributed by atoms with Gasteiger partial charge in [-0.2, -0.15) is 0 Å². The van der Waals surface area contributed by atoms with Crippen LogP contribution < -0.4 is 26.6 Å². The zero-order valence-electron chi connectivity index (χ0n) is 53.7. The first kappa shape index (κ1) is 70.8. The van der Waals surface area contributed by atoms with Crippen LogP contribution in [0.1, 0.15) is 161 Å². The summed E-state index contributed by atoms with van der Waals surface area (Å²) >= 11 is 0. The number of allylic oxidation sites excluding steroid dienone is 4. The quantitative estimate of drug-likeness (QED) is 0.0611. The Hall–Kier alpha value is -7.66. The normalized spacial score (nSPS) is 27.6. The lowest BCUT2D eigenvalue weighted by Gasteiger charge is -2.34. The highest BCUT2D eigenvalue weighted by Crippen LogP contribution is 2.45. The molecule has 23 heteroatoms. The molecule has 3 unspecified atom stereocenters. The lowest BCUT2D eigenvalue weighted by atomic mass is 9.89. The monoisotopic (exact) mass is 1270 g/mol. The maximum atomic E-state index is 14.4. The van der Waals surface area contributed by atoms with Crippen LogP contribution in [0.15, 0.2) is 85.0 Å². The van der Waals surface area contributed by atoms with Crippen molar-refractivity contribution in [1.82, 2.24) is 36.4 Å². The Morgan fingerprint density at radius 2 is 1.04 bits per heavy atom. The van der Waals surface area contributed by atoms with E-state index >= 15 is 0 Å². The Morgan fingerprint density at radius 3 is 1.47 bits per heavy atom. The molecule has 0 aromatic heterocycles. The molecule has 23 nitrogen and oxygen atoms in total. The standard InChI is InChI=1S/C37H52N4O10.C31H43N3O6/c1-24(42)50-32(34(45)38-21-30(43)48-4)27-18-14-9-7-5-6-8-10-15-19-28(40-36(47)49-23-25-16-12-11-13-17-25)35(46)41-22-29-26(20-37(2,3)51-29)31(41)33(44)39-27;1-31(2)18-24-26(40-31)19-34-27(24)28(36)32-23(20-35)16-12-7-5-3-4-6-8-13-17-25(29(34)37)33-30(38)39-21-22-14-10-9-11-15-22/h5-6,11-13,16-17,26-29,31-32H,7-10,14-15,18-23H2,1-4H3,(H,38,45)(H,39,44)(H,40,47);3-4,9-11,14-15,20,23-27H,5-8,12-13,16-19,21H2,1-2H3,(H,32,36)(H,33,38)/t26-,27-,28-,29?,31-,32?;23-,24-,25-,26?,27-/m00/s1. The lowest BCUT2D eigenvalue weighted by Crippen LogP contribution is -2.59. The topological polar surface area (TPSA) is 293 Å². The van der Waals surface area contributed by atoms with E-state index in [9.17, 15) is 47.9 Å². The first-order chi connectivity index (χ1) is 43.6. The second-order valence-electron chi connectivity index (χ2n) is 25.7. The number of hydrogen-bond donors (Lipinski definition) is 5. The van der Waals surface area contributed by atoms with Crippen LogP contribution in [0, 0.1) is 11.8 Å². The summed E-state index contributed by atoms with van der Waals surface area (Å²) in [7, 11) is 1.18. The summed E-state index contributed by atoms with van der Waals surface area (Å²) in [5, 5.41) is 13.8. The zero-order valence-corrected chi connectivity index (χ0v) is 53.7. The van der Waals surface area contributed by atoms with Gasteiger partial charge in [0.2, 0.25) is 23.6 Å². The summed E-state index contributed by atoms with van der Waals surface area (Å²) in [5.74, 6) is -4.41. The molecule has 0 aliphatic carbocycles. The third-order valence-corrected chi connectivity index (χ3v) is 17.5. The van der Waals surface area contributed by atoms with Gasteiger partial charge in [0.05, 0.1) is 42.6 Å². The van der Waals surface area contributed by atoms with Gasteiger partial charge < -0.3 is 69.6 Å². The highest BCUT2D eigenvalue weighted by atomic mass is 16.6. The van der Waals surface area contributed by atoms with Crippen molar-refractivity contribution in [3.05, 3.63) is 96.1 Å². The van der Waals surface area contributed by atoms with Crippen LogP contribution in [-0.2, 0) is 80.0 Å². The SMILES string of the molecule is CC1(C)C[C@H]2C(CN3C(=O)[C@@H](NC(=O)OCc4ccccc4)CCCCC=CCCCC[C@@H](C=O)NC(=O)[C@H]23)O1.COC(=O)CNC(=O)C(OC(C)=O)[C@@H]1CCCCC=CCCCC[C@H](NC(=O)OCc2ccccc2)C(=O)N2CC3OC(C)(C)C[C@@H]3[C@H]2C(=O)N1. The molecule has 8 rings (SSSR count). The minimum Gasteiger partial charge on any atom is -0.468 e. The Morgan fingerprint density at radius 1 is 0.615 bits per heavy atom. The second-order valence-corrected chi connectivity index (χ2v) is 25.7. The molecule has 4 saturated heterocycles. The summed E-state index contributed by atoms with van der Waals surface area (Å²) in [5.41, 5.74) is 0.689. The minimum atomic E-state index is -1.46. The highest BCUT2D eigenvalue weighted by Gasteiger charge is 2.58. The first-order valence-corrected chi connectivity index (χ1v) is 32.4. The molecular formula is C68H95N7O16. The lowest BCUT2D eigenvalue weighted by molar-refractivity contribution is -0.157. The number of methoxy groups -OCH3 is 1. The van der Waals surface area contributed by atoms with E-state index in [2.05, 4.69) is 55.6 Å². The van der Waals surface area contributed by atoms with Crippen molar-refractivity contribution in [2.45, 2.75) is 229 Å². The van der Waals surface area contributed by atoms with E-state index in [0.29, 0.717) is 44.9 Å². The second kappa shape index (κ2) is 34.7. The van der Waals surface area contributed by atoms with Gasteiger partial charge in [-0.1, -0.05) is 111 Å². The van der Waals surface area contributed by atoms with Gasteiger partial charge in [-0.15, -0.1) is 0 Å². The van der Waals surface area contributed by atoms with Gasteiger partial charge in [0.15, 0.2) is 6.10 Å². The number of amides is 7. The summed E-state index contributed by atoms with van der Waals surface area (Å²) in [6.45, 7) is 9.05. The third-order valence-electron chi connectivity index (χ3n) is 17.5. The van der Waals surface area contributed by atoms with Crippen LogP contribution in [-0.4, -0.2) is 162 Å². The first-order valence-electron chi connectivity index (χ1n) is 32.4. The van der Waals surface area contributed by atoms with E-state index in [1.54, 1.807) is 4.90 Å². The number of carbonyl (C=O) groups excluding carboxylic acids is 10. The van der Waals surface area contributed by atoms with E-state index < -0.39 is 108 Å². The van der Waals surface area contributed by atoms with Gasteiger partial charge in [0, 0.05) is 31.8 Å². The van der Waals surface area contributed by atoms with Gasteiger partial charge in [0.25, 0.3) is 5.91 Å². The number of benzene rings is 2. The molecule has 6 heterocycles.